The van der Waals surface area contributed by atoms with E-state index in [0.29, 0.717) is 24.8 Å². The third kappa shape index (κ3) is 3.12. The number of aromatic nitrogens is 2. The first-order valence-electron chi connectivity index (χ1n) is 6.17. The number of nitrogens with zero attached hydrogens (tertiary/aromatic N) is 2. The lowest BCUT2D eigenvalue weighted by Crippen LogP contribution is -2.12. The molecule has 2 aromatic rings. The number of rotatable bonds is 5. The van der Waals surface area contributed by atoms with Crippen LogP contribution in [0.25, 0.3) is 5.69 Å². The number of nitrogens with one attached hydrogen (secondary N) is 1. The van der Waals surface area contributed by atoms with E-state index in [0.717, 1.165) is 11.3 Å². The maximum atomic E-state index is 13.9. The predicted octanol–water partition coefficient (Wildman–Crippen LogP) is 2.69. The third-order valence-electron chi connectivity index (χ3n) is 2.78. The molecule has 0 saturated heterocycles. The molecule has 0 atom stereocenters. The average molecular weight is 263 g/mol. The van der Waals surface area contributed by atoms with Gasteiger partial charge in [0.15, 0.2) is 0 Å². The fourth-order valence-corrected chi connectivity index (χ4v) is 1.88. The Morgan fingerprint density at radius 3 is 2.89 bits per heavy atom. The van der Waals surface area contributed by atoms with Crippen molar-refractivity contribution < 1.29 is 9.13 Å². The molecule has 0 fully saturated rings. The maximum Gasteiger partial charge on any atom is 0.207 e. The van der Waals surface area contributed by atoms with Crippen LogP contribution in [0.1, 0.15) is 11.3 Å². The van der Waals surface area contributed by atoms with Crippen LogP contribution in [0.5, 0.6) is 0 Å². The Hall–Kier alpha value is -1.88. The largest absolute Gasteiger partial charge is 0.383 e. The van der Waals surface area contributed by atoms with Crippen molar-refractivity contribution in [1.29, 1.82) is 0 Å². The molecule has 1 N–H and O–H groups in total. The molecule has 19 heavy (non-hydrogen) atoms. The smallest absolute Gasteiger partial charge is 0.207 e. The summed E-state index contributed by atoms with van der Waals surface area (Å²) >= 11 is 0. The molecule has 1 aromatic carbocycles. The zero-order chi connectivity index (χ0) is 13.8. The second kappa shape index (κ2) is 5.84. The molecule has 0 saturated carbocycles. The number of anilines is 1. The minimum absolute atomic E-state index is 0.266. The molecule has 0 spiro atoms. The molecule has 0 aliphatic carbocycles. The van der Waals surface area contributed by atoms with Gasteiger partial charge in [-0.2, -0.15) is 0 Å². The molecule has 1 heterocycles. The summed E-state index contributed by atoms with van der Waals surface area (Å²) in [6.45, 7) is 5.01. The molecular weight excluding hydrogens is 245 g/mol. The molecule has 0 radical (unpaired) electrons. The van der Waals surface area contributed by atoms with Gasteiger partial charge in [0.25, 0.3) is 0 Å². The molecular formula is C14H18FN3O. The van der Waals surface area contributed by atoms with E-state index in [1.807, 2.05) is 20.0 Å². The van der Waals surface area contributed by atoms with Crippen molar-refractivity contribution in [2.24, 2.45) is 0 Å². The first-order valence-corrected chi connectivity index (χ1v) is 6.17. The fourth-order valence-electron chi connectivity index (χ4n) is 1.88. The van der Waals surface area contributed by atoms with E-state index in [-0.39, 0.29) is 5.82 Å². The van der Waals surface area contributed by atoms with Crippen LogP contribution >= 0.6 is 0 Å². The molecule has 0 unspecified atom stereocenters. The average Bonchev–Trinajstić information content (AvgIpc) is 2.74. The van der Waals surface area contributed by atoms with Crippen LogP contribution in [-0.2, 0) is 4.74 Å². The van der Waals surface area contributed by atoms with Gasteiger partial charge < -0.3 is 10.1 Å². The van der Waals surface area contributed by atoms with Crippen LogP contribution in [0.15, 0.2) is 24.4 Å². The molecule has 0 aliphatic heterocycles. The highest BCUT2D eigenvalue weighted by atomic mass is 19.1. The van der Waals surface area contributed by atoms with E-state index in [1.54, 1.807) is 23.8 Å². The first kappa shape index (κ1) is 13.5. The van der Waals surface area contributed by atoms with Crippen molar-refractivity contribution in [2.75, 3.05) is 25.6 Å². The Labute approximate surface area is 112 Å². The van der Waals surface area contributed by atoms with Crippen LogP contribution in [0.2, 0.25) is 0 Å². The Morgan fingerprint density at radius 1 is 1.37 bits per heavy atom. The summed E-state index contributed by atoms with van der Waals surface area (Å²) in [6, 6.07) is 5.03. The summed E-state index contributed by atoms with van der Waals surface area (Å²) < 4.78 is 20.6. The van der Waals surface area contributed by atoms with Crippen molar-refractivity contribution in [2.45, 2.75) is 13.8 Å². The van der Waals surface area contributed by atoms with E-state index in [2.05, 4.69) is 10.3 Å². The summed E-state index contributed by atoms with van der Waals surface area (Å²) in [6.07, 6.45) is 1.81. The lowest BCUT2D eigenvalue weighted by atomic mass is 10.2. The second-order valence-corrected chi connectivity index (χ2v) is 4.45. The van der Waals surface area contributed by atoms with Crippen LogP contribution in [0.4, 0.5) is 10.3 Å². The van der Waals surface area contributed by atoms with E-state index in [1.165, 1.54) is 6.07 Å². The van der Waals surface area contributed by atoms with Gasteiger partial charge in [0, 0.05) is 19.9 Å². The van der Waals surface area contributed by atoms with Crippen LogP contribution in [0.3, 0.4) is 0 Å². The number of imidazole rings is 1. The van der Waals surface area contributed by atoms with Crippen LogP contribution in [-0.4, -0.2) is 29.8 Å². The monoisotopic (exact) mass is 263 g/mol. The molecule has 0 bridgehead atoms. The summed E-state index contributed by atoms with van der Waals surface area (Å²) in [5.41, 5.74) is 2.34. The first-order chi connectivity index (χ1) is 9.11. The van der Waals surface area contributed by atoms with Crippen LogP contribution in [0, 0.1) is 19.7 Å². The zero-order valence-electron chi connectivity index (χ0n) is 11.4. The number of methoxy groups -OCH3 is 1. The number of ether oxygens (including phenoxy) is 1. The highest BCUT2D eigenvalue weighted by molar-refractivity contribution is 5.45. The summed E-state index contributed by atoms with van der Waals surface area (Å²) in [7, 11) is 1.64. The van der Waals surface area contributed by atoms with Gasteiger partial charge in [0.05, 0.1) is 18.0 Å². The third-order valence-corrected chi connectivity index (χ3v) is 2.78. The van der Waals surface area contributed by atoms with Crippen molar-refractivity contribution >= 4 is 5.95 Å². The van der Waals surface area contributed by atoms with Gasteiger partial charge in [0.2, 0.25) is 5.95 Å². The number of benzene rings is 1. The molecule has 4 nitrogen and oxygen atoms in total. The van der Waals surface area contributed by atoms with Gasteiger partial charge in [-0.1, -0.05) is 6.07 Å². The molecule has 1 aromatic heterocycles. The normalized spacial score (nSPS) is 10.7. The highest BCUT2D eigenvalue weighted by Crippen LogP contribution is 2.20. The number of aryl methyl sites for hydroxylation is 2. The van der Waals surface area contributed by atoms with Crippen molar-refractivity contribution in [3.8, 4) is 5.69 Å². The molecule has 2 rings (SSSR count). The van der Waals surface area contributed by atoms with Gasteiger partial charge in [-0.3, -0.25) is 4.57 Å². The molecule has 5 heteroatoms. The van der Waals surface area contributed by atoms with E-state index in [4.69, 9.17) is 4.74 Å². The summed E-state index contributed by atoms with van der Waals surface area (Å²) in [5, 5.41) is 3.14. The van der Waals surface area contributed by atoms with Crippen LogP contribution < -0.4 is 5.32 Å². The number of hydrogen-bond donors (Lipinski definition) is 1. The maximum absolute atomic E-state index is 13.9. The second-order valence-electron chi connectivity index (χ2n) is 4.45. The predicted molar refractivity (Wildman–Crippen MR) is 73.4 cm³/mol. The van der Waals surface area contributed by atoms with Gasteiger partial charge >= 0.3 is 0 Å². The number of hydrogen-bond acceptors (Lipinski definition) is 3. The Morgan fingerprint density at radius 2 is 2.16 bits per heavy atom. The molecule has 0 amide bonds. The Kier molecular flexibility index (Phi) is 4.16. The summed E-state index contributed by atoms with van der Waals surface area (Å²) in [5.74, 6) is 0.358. The topological polar surface area (TPSA) is 39.1 Å². The Bertz CT molecular complexity index is 566. The Balaban J connectivity index is 2.35. The van der Waals surface area contributed by atoms with E-state index < -0.39 is 0 Å². The molecule has 0 aliphatic rings. The van der Waals surface area contributed by atoms with Gasteiger partial charge in [-0.15, -0.1) is 0 Å². The minimum atomic E-state index is -0.266. The van der Waals surface area contributed by atoms with E-state index in [9.17, 15) is 4.39 Å². The van der Waals surface area contributed by atoms with Crippen molar-refractivity contribution in [3.05, 3.63) is 41.5 Å². The number of halogens is 1. The zero-order valence-corrected chi connectivity index (χ0v) is 11.4. The summed E-state index contributed by atoms with van der Waals surface area (Å²) in [4.78, 5) is 4.36. The minimum Gasteiger partial charge on any atom is -0.383 e. The lowest BCUT2D eigenvalue weighted by Gasteiger charge is -2.11. The van der Waals surface area contributed by atoms with Crippen molar-refractivity contribution in [1.82, 2.24) is 9.55 Å². The SMILES string of the molecule is COCCNc1nc(C)cn1-c1cc(C)ccc1F. The van der Waals surface area contributed by atoms with Gasteiger partial charge in [-0.05, 0) is 31.5 Å². The standard InChI is InChI=1S/C14H18FN3O/c1-10-4-5-12(15)13(8-10)18-9-11(2)17-14(18)16-6-7-19-3/h4-5,8-9H,6-7H2,1-3H3,(H,16,17). The molecule has 102 valence electrons. The van der Waals surface area contributed by atoms with Gasteiger partial charge in [-0.25, -0.2) is 9.37 Å². The fraction of sp³-hybridized carbons (Fsp3) is 0.357. The van der Waals surface area contributed by atoms with Gasteiger partial charge in [0.1, 0.15) is 5.82 Å². The highest BCUT2D eigenvalue weighted by Gasteiger charge is 2.11. The lowest BCUT2D eigenvalue weighted by molar-refractivity contribution is 0.210. The van der Waals surface area contributed by atoms with Crippen molar-refractivity contribution in [3.63, 3.8) is 0 Å². The van der Waals surface area contributed by atoms with E-state index >= 15 is 0 Å². The quantitative estimate of drug-likeness (QED) is 0.843.